The maximum atomic E-state index is 13.3. The van der Waals surface area contributed by atoms with Gasteiger partial charge in [-0.05, 0) is 25.1 Å². The molecule has 0 aliphatic carbocycles. The van der Waals surface area contributed by atoms with E-state index in [4.69, 9.17) is 5.73 Å². The summed E-state index contributed by atoms with van der Waals surface area (Å²) in [5.41, 5.74) is 7.42. The first-order valence-corrected chi connectivity index (χ1v) is 5.81. The second kappa shape index (κ2) is 5.19. The normalized spacial score (nSPS) is 10.5. The van der Waals surface area contributed by atoms with E-state index < -0.39 is 0 Å². The lowest BCUT2D eigenvalue weighted by Gasteiger charge is -2.07. The Balaban J connectivity index is 2.21. The molecule has 6 heteroatoms. The van der Waals surface area contributed by atoms with Crippen molar-refractivity contribution >= 4 is 11.6 Å². The molecule has 1 aromatic carbocycles. The first-order chi connectivity index (χ1) is 9.01. The molecule has 0 radical (unpaired) electrons. The van der Waals surface area contributed by atoms with Crippen molar-refractivity contribution in [3.63, 3.8) is 0 Å². The van der Waals surface area contributed by atoms with Crippen LogP contribution in [-0.4, -0.2) is 15.7 Å². The van der Waals surface area contributed by atoms with E-state index in [9.17, 15) is 9.18 Å². The number of carbonyl (C=O) groups is 1. The molecule has 0 unspecified atom stereocenters. The van der Waals surface area contributed by atoms with Crippen LogP contribution < -0.4 is 11.1 Å². The number of nitrogens with two attached hydrogens (primary N) is 1. The molecule has 2 rings (SSSR count). The highest BCUT2D eigenvalue weighted by Gasteiger charge is 2.13. The highest BCUT2D eigenvalue weighted by Crippen LogP contribution is 2.16. The van der Waals surface area contributed by atoms with Crippen molar-refractivity contribution in [2.45, 2.75) is 13.5 Å². The van der Waals surface area contributed by atoms with Crippen LogP contribution in [0.4, 0.5) is 10.1 Å². The molecule has 2 aromatic rings. The van der Waals surface area contributed by atoms with Gasteiger partial charge in [-0.1, -0.05) is 0 Å². The van der Waals surface area contributed by atoms with Crippen molar-refractivity contribution in [1.29, 1.82) is 0 Å². The SMILES string of the molecule is Cc1nn(C)cc1C(=O)Nc1ccc(F)c(CN)c1. The maximum absolute atomic E-state index is 13.3. The Labute approximate surface area is 110 Å². The Morgan fingerprint density at radius 1 is 1.53 bits per heavy atom. The minimum Gasteiger partial charge on any atom is -0.326 e. The number of anilines is 1. The van der Waals surface area contributed by atoms with E-state index in [-0.39, 0.29) is 18.3 Å². The molecule has 0 aliphatic rings. The van der Waals surface area contributed by atoms with Crippen LogP contribution in [0.5, 0.6) is 0 Å². The molecule has 0 saturated heterocycles. The van der Waals surface area contributed by atoms with Gasteiger partial charge in [0.25, 0.3) is 5.91 Å². The zero-order chi connectivity index (χ0) is 14.0. The topological polar surface area (TPSA) is 72.9 Å². The first-order valence-electron chi connectivity index (χ1n) is 5.81. The van der Waals surface area contributed by atoms with Gasteiger partial charge in [0.2, 0.25) is 0 Å². The molecular weight excluding hydrogens is 247 g/mol. The lowest BCUT2D eigenvalue weighted by molar-refractivity contribution is 0.102. The van der Waals surface area contributed by atoms with Crippen LogP contribution in [0.3, 0.4) is 0 Å². The molecule has 1 heterocycles. The summed E-state index contributed by atoms with van der Waals surface area (Å²) in [5.74, 6) is -0.654. The summed E-state index contributed by atoms with van der Waals surface area (Å²) >= 11 is 0. The first kappa shape index (κ1) is 13.2. The number of amides is 1. The van der Waals surface area contributed by atoms with Crippen LogP contribution in [0.1, 0.15) is 21.6 Å². The van der Waals surface area contributed by atoms with Gasteiger partial charge in [0.15, 0.2) is 0 Å². The third-order valence-electron chi connectivity index (χ3n) is 2.78. The summed E-state index contributed by atoms with van der Waals surface area (Å²) in [6.07, 6.45) is 1.64. The number of aromatic nitrogens is 2. The summed E-state index contributed by atoms with van der Waals surface area (Å²) in [4.78, 5) is 12.0. The van der Waals surface area contributed by atoms with Crippen molar-refractivity contribution in [3.8, 4) is 0 Å². The third-order valence-corrected chi connectivity index (χ3v) is 2.78. The van der Waals surface area contributed by atoms with Gasteiger partial charge in [0.1, 0.15) is 5.82 Å². The number of hydrogen-bond donors (Lipinski definition) is 2. The maximum Gasteiger partial charge on any atom is 0.259 e. The largest absolute Gasteiger partial charge is 0.326 e. The molecule has 5 nitrogen and oxygen atoms in total. The number of rotatable bonds is 3. The van der Waals surface area contributed by atoms with Gasteiger partial charge in [0.05, 0.1) is 11.3 Å². The van der Waals surface area contributed by atoms with Gasteiger partial charge in [-0.15, -0.1) is 0 Å². The number of hydrogen-bond acceptors (Lipinski definition) is 3. The zero-order valence-electron chi connectivity index (χ0n) is 10.8. The number of aryl methyl sites for hydroxylation is 2. The summed E-state index contributed by atoms with van der Waals surface area (Å²) in [5, 5.41) is 6.80. The van der Waals surface area contributed by atoms with Crippen LogP contribution in [0.25, 0.3) is 0 Å². The van der Waals surface area contributed by atoms with E-state index in [1.54, 1.807) is 24.9 Å². The van der Waals surface area contributed by atoms with E-state index in [0.29, 0.717) is 22.5 Å². The molecule has 0 fully saturated rings. The average molecular weight is 262 g/mol. The van der Waals surface area contributed by atoms with Crippen LogP contribution in [0.15, 0.2) is 24.4 Å². The van der Waals surface area contributed by atoms with Gasteiger partial charge in [-0.2, -0.15) is 5.10 Å². The summed E-state index contributed by atoms with van der Waals surface area (Å²) in [6.45, 7) is 1.84. The Bertz CT molecular complexity index is 621. The van der Waals surface area contributed by atoms with E-state index in [1.165, 1.54) is 18.2 Å². The van der Waals surface area contributed by atoms with E-state index >= 15 is 0 Å². The standard InChI is InChI=1S/C13H15FN4O/c1-8-11(7-18(2)17-8)13(19)16-10-3-4-12(14)9(5-10)6-15/h3-5,7H,6,15H2,1-2H3,(H,16,19). The van der Waals surface area contributed by atoms with Gasteiger partial charge in [0, 0.05) is 31.0 Å². The van der Waals surface area contributed by atoms with Crippen molar-refractivity contribution in [1.82, 2.24) is 9.78 Å². The lowest BCUT2D eigenvalue weighted by Crippen LogP contribution is -2.13. The fraction of sp³-hybridized carbons (Fsp3) is 0.231. The molecule has 0 spiro atoms. The van der Waals surface area contributed by atoms with Crippen molar-refractivity contribution in [2.75, 3.05) is 5.32 Å². The number of benzene rings is 1. The predicted octanol–water partition coefficient (Wildman–Crippen LogP) is 1.58. The Morgan fingerprint density at radius 2 is 2.26 bits per heavy atom. The van der Waals surface area contributed by atoms with Crippen LogP contribution in [-0.2, 0) is 13.6 Å². The number of nitrogens with zero attached hydrogens (tertiary/aromatic N) is 2. The van der Waals surface area contributed by atoms with Crippen molar-refractivity contribution < 1.29 is 9.18 Å². The van der Waals surface area contributed by atoms with Crippen LogP contribution >= 0.6 is 0 Å². The molecule has 1 aromatic heterocycles. The molecule has 100 valence electrons. The number of halogens is 1. The Morgan fingerprint density at radius 3 is 2.84 bits per heavy atom. The monoisotopic (exact) mass is 262 g/mol. The van der Waals surface area contributed by atoms with E-state index in [2.05, 4.69) is 10.4 Å². The van der Waals surface area contributed by atoms with Gasteiger partial charge in [-0.25, -0.2) is 4.39 Å². The Kier molecular flexibility index (Phi) is 3.62. The fourth-order valence-electron chi connectivity index (χ4n) is 1.83. The minimum atomic E-state index is -0.377. The second-order valence-corrected chi connectivity index (χ2v) is 4.27. The molecule has 0 aliphatic heterocycles. The predicted molar refractivity (Wildman–Crippen MR) is 70.2 cm³/mol. The van der Waals surface area contributed by atoms with Crippen LogP contribution in [0.2, 0.25) is 0 Å². The average Bonchev–Trinajstić information content (AvgIpc) is 2.71. The molecular formula is C13H15FN4O. The highest BCUT2D eigenvalue weighted by atomic mass is 19.1. The third kappa shape index (κ3) is 2.79. The van der Waals surface area contributed by atoms with Gasteiger partial charge < -0.3 is 11.1 Å². The molecule has 0 bridgehead atoms. The van der Waals surface area contributed by atoms with Crippen molar-refractivity contribution in [3.05, 3.63) is 47.0 Å². The second-order valence-electron chi connectivity index (χ2n) is 4.27. The molecule has 0 atom stereocenters. The van der Waals surface area contributed by atoms with E-state index in [1.807, 2.05) is 0 Å². The summed E-state index contributed by atoms with van der Waals surface area (Å²) in [7, 11) is 1.74. The van der Waals surface area contributed by atoms with Crippen molar-refractivity contribution in [2.24, 2.45) is 12.8 Å². The van der Waals surface area contributed by atoms with Gasteiger partial charge >= 0.3 is 0 Å². The zero-order valence-corrected chi connectivity index (χ0v) is 10.8. The highest BCUT2D eigenvalue weighted by molar-refractivity contribution is 6.04. The quantitative estimate of drug-likeness (QED) is 0.882. The molecule has 0 saturated carbocycles. The van der Waals surface area contributed by atoms with E-state index in [0.717, 1.165) is 0 Å². The molecule has 19 heavy (non-hydrogen) atoms. The summed E-state index contributed by atoms with van der Waals surface area (Å²) < 4.78 is 14.9. The smallest absolute Gasteiger partial charge is 0.259 e. The fourth-order valence-corrected chi connectivity index (χ4v) is 1.83. The molecule has 3 N–H and O–H groups in total. The number of nitrogens with one attached hydrogen (secondary N) is 1. The van der Waals surface area contributed by atoms with Gasteiger partial charge in [-0.3, -0.25) is 9.48 Å². The molecule has 1 amide bonds. The lowest BCUT2D eigenvalue weighted by atomic mass is 10.1. The summed E-state index contributed by atoms with van der Waals surface area (Å²) in [6, 6.07) is 4.31. The van der Waals surface area contributed by atoms with Crippen LogP contribution in [0, 0.1) is 12.7 Å². The number of carbonyl (C=O) groups excluding carboxylic acids is 1. The minimum absolute atomic E-state index is 0.0848. The Hall–Kier alpha value is -2.21.